The fourth-order valence-electron chi connectivity index (χ4n) is 2.03. The van der Waals surface area contributed by atoms with Gasteiger partial charge in [0.25, 0.3) is 0 Å². The number of benzene rings is 1. The van der Waals surface area contributed by atoms with Gasteiger partial charge in [-0.2, -0.15) is 0 Å². The predicted octanol–water partition coefficient (Wildman–Crippen LogP) is 3.08. The first-order valence-electron chi connectivity index (χ1n) is 5.40. The summed E-state index contributed by atoms with van der Waals surface area (Å²) in [6, 6.07) is 4.08. The highest BCUT2D eigenvalue weighted by Gasteiger charge is 2.24. The lowest BCUT2D eigenvalue weighted by atomic mass is 9.90. The second-order valence-corrected chi connectivity index (χ2v) is 4.35. The number of hydrogen-bond acceptors (Lipinski definition) is 2. The van der Waals surface area contributed by atoms with Gasteiger partial charge >= 0.3 is 0 Å². The average molecular weight is 204 g/mol. The predicted molar refractivity (Wildman–Crippen MR) is 59.7 cm³/mol. The summed E-state index contributed by atoms with van der Waals surface area (Å²) in [5.41, 5.74) is 2.99. The highest BCUT2D eigenvalue weighted by molar-refractivity contribution is 6.01. The third-order valence-corrected chi connectivity index (χ3v) is 2.86. The van der Waals surface area contributed by atoms with Crippen LogP contribution in [0.1, 0.15) is 47.7 Å². The van der Waals surface area contributed by atoms with Crippen molar-refractivity contribution in [1.29, 1.82) is 0 Å². The quantitative estimate of drug-likeness (QED) is 0.702. The van der Waals surface area contributed by atoms with Gasteiger partial charge in [-0.1, -0.05) is 26.0 Å². The first-order valence-corrected chi connectivity index (χ1v) is 5.40. The third kappa shape index (κ3) is 1.65. The monoisotopic (exact) mass is 204 g/mol. The highest BCUT2D eigenvalue weighted by Crippen LogP contribution is 2.34. The fourth-order valence-corrected chi connectivity index (χ4v) is 2.03. The lowest BCUT2D eigenvalue weighted by molar-refractivity contribution is 0.0931. The summed E-state index contributed by atoms with van der Waals surface area (Å²) in [4.78, 5) is 11.9. The van der Waals surface area contributed by atoms with Crippen LogP contribution in [0.25, 0.3) is 0 Å². The number of carbonyl (C=O) groups is 1. The zero-order chi connectivity index (χ0) is 11.0. The van der Waals surface area contributed by atoms with Crippen molar-refractivity contribution < 1.29 is 9.53 Å². The summed E-state index contributed by atoms with van der Waals surface area (Å²) in [5, 5.41) is 0. The number of carbonyl (C=O) groups excluding carboxylic acids is 1. The van der Waals surface area contributed by atoms with Crippen molar-refractivity contribution in [3.8, 4) is 5.75 Å². The van der Waals surface area contributed by atoms with Crippen LogP contribution < -0.4 is 4.74 Å². The molecule has 1 aliphatic rings. The van der Waals surface area contributed by atoms with Gasteiger partial charge < -0.3 is 4.74 Å². The number of ether oxygens (including phenoxy) is 1. The smallest absolute Gasteiger partial charge is 0.170 e. The highest BCUT2D eigenvalue weighted by atomic mass is 16.5. The lowest BCUT2D eigenvalue weighted by Crippen LogP contribution is -2.18. The van der Waals surface area contributed by atoms with Gasteiger partial charge in [-0.25, -0.2) is 0 Å². The molecule has 0 atom stereocenters. The van der Waals surface area contributed by atoms with Crippen LogP contribution in [-0.2, 0) is 0 Å². The lowest BCUT2D eigenvalue weighted by Gasteiger charge is -2.22. The van der Waals surface area contributed by atoms with E-state index in [2.05, 4.69) is 13.8 Å². The molecule has 80 valence electrons. The Morgan fingerprint density at radius 1 is 1.33 bits per heavy atom. The Kier molecular flexibility index (Phi) is 2.51. The number of fused-ring (bicyclic) bond motifs is 1. The molecule has 1 aliphatic heterocycles. The minimum absolute atomic E-state index is 0.226. The van der Waals surface area contributed by atoms with Gasteiger partial charge in [0.15, 0.2) is 5.78 Å². The Bertz CT molecular complexity index is 405. The van der Waals surface area contributed by atoms with Crippen molar-refractivity contribution in [2.45, 2.75) is 33.1 Å². The summed E-state index contributed by atoms with van der Waals surface area (Å²) in [6.45, 7) is 6.72. The number of Topliss-reactive ketones (excluding diaryl/α,β-unsaturated/α-hetero) is 1. The topological polar surface area (TPSA) is 26.3 Å². The molecular formula is C13H16O2. The summed E-state index contributed by atoms with van der Waals surface area (Å²) in [6.07, 6.45) is 0.510. The third-order valence-electron chi connectivity index (χ3n) is 2.86. The van der Waals surface area contributed by atoms with E-state index in [-0.39, 0.29) is 5.78 Å². The van der Waals surface area contributed by atoms with Crippen molar-refractivity contribution in [2.75, 3.05) is 6.61 Å². The van der Waals surface area contributed by atoms with Crippen LogP contribution >= 0.6 is 0 Å². The van der Waals surface area contributed by atoms with E-state index in [1.165, 1.54) is 0 Å². The number of hydrogen-bond donors (Lipinski definition) is 0. The SMILES string of the molecule is Cc1ccc(C(C)C)c2c1OCCC2=O. The molecule has 1 aromatic carbocycles. The molecule has 0 spiro atoms. The fraction of sp³-hybridized carbons (Fsp3) is 0.462. The summed E-state index contributed by atoms with van der Waals surface area (Å²) in [7, 11) is 0. The molecule has 0 bridgehead atoms. The molecule has 2 nitrogen and oxygen atoms in total. The standard InChI is InChI=1S/C13H16O2/c1-8(2)10-5-4-9(3)13-12(10)11(14)6-7-15-13/h4-5,8H,6-7H2,1-3H3. The van der Waals surface area contributed by atoms with E-state index in [4.69, 9.17) is 4.74 Å². The van der Waals surface area contributed by atoms with Gasteiger partial charge in [-0.3, -0.25) is 4.79 Å². The molecule has 2 heteroatoms. The minimum atomic E-state index is 0.226. The van der Waals surface area contributed by atoms with Gasteiger partial charge in [0.05, 0.1) is 12.2 Å². The van der Waals surface area contributed by atoms with Crippen molar-refractivity contribution in [3.63, 3.8) is 0 Å². The molecule has 0 saturated carbocycles. The van der Waals surface area contributed by atoms with Gasteiger partial charge in [-0.15, -0.1) is 0 Å². The average Bonchev–Trinajstić information content (AvgIpc) is 2.19. The Labute approximate surface area is 90.3 Å². The molecule has 0 aliphatic carbocycles. The summed E-state index contributed by atoms with van der Waals surface area (Å²) in [5.74, 6) is 1.39. The van der Waals surface area contributed by atoms with Crippen molar-refractivity contribution in [1.82, 2.24) is 0 Å². The van der Waals surface area contributed by atoms with Crippen LogP contribution in [0.15, 0.2) is 12.1 Å². The Morgan fingerprint density at radius 3 is 2.73 bits per heavy atom. The van der Waals surface area contributed by atoms with Gasteiger partial charge in [0.1, 0.15) is 5.75 Å². The molecule has 1 heterocycles. The Morgan fingerprint density at radius 2 is 2.07 bits per heavy atom. The second kappa shape index (κ2) is 3.69. The van der Waals surface area contributed by atoms with Crippen LogP contribution in [0.2, 0.25) is 0 Å². The van der Waals surface area contributed by atoms with E-state index in [0.29, 0.717) is 18.9 Å². The maximum Gasteiger partial charge on any atom is 0.170 e. The van der Waals surface area contributed by atoms with Crippen molar-refractivity contribution in [2.24, 2.45) is 0 Å². The van der Waals surface area contributed by atoms with E-state index in [9.17, 15) is 4.79 Å². The van der Waals surface area contributed by atoms with Crippen molar-refractivity contribution >= 4 is 5.78 Å². The van der Waals surface area contributed by atoms with Crippen LogP contribution in [0.4, 0.5) is 0 Å². The molecule has 0 unspecified atom stereocenters. The minimum Gasteiger partial charge on any atom is -0.492 e. The van der Waals surface area contributed by atoms with Crippen LogP contribution in [0.3, 0.4) is 0 Å². The van der Waals surface area contributed by atoms with Crippen molar-refractivity contribution in [3.05, 3.63) is 28.8 Å². The Hall–Kier alpha value is -1.31. The van der Waals surface area contributed by atoms with Crippen LogP contribution in [0.5, 0.6) is 5.75 Å². The second-order valence-electron chi connectivity index (χ2n) is 4.35. The van der Waals surface area contributed by atoms with Gasteiger partial charge in [0, 0.05) is 6.42 Å². The summed E-state index contributed by atoms with van der Waals surface area (Å²) >= 11 is 0. The maximum absolute atomic E-state index is 11.9. The molecule has 0 fully saturated rings. The molecule has 0 saturated heterocycles. The van der Waals surface area contributed by atoms with Gasteiger partial charge in [0.2, 0.25) is 0 Å². The molecule has 0 aromatic heterocycles. The number of aryl methyl sites for hydroxylation is 1. The molecule has 0 amide bonds. The zero-order valence-electron chi connectivity index (χ0n) is 9.46. The van der Waals surface area contributed by atoms with E-state index >= 15 is 0 Å². The number of ketones is 1. The van der Waals surface area contributed by atoms with E-state index in [1.54, 1.807) is 0 Å². The van der Waals surface area contributed by atoms with E-state index < -0.39 is 0 Å². The molecule has 2 rings (SSSR count). The normalized spacial score (nSPS) is 15.1. The molecule has 0 N–H and O–H groups in total. The molecule has 0 radical (unpaired) electrons. The largest absolute Gasteiger partial charge is 0.492 e. The Balaban J connectivity index is 2.65. The molecular weight excluding hydrogens is 188 g/mol. The first kappa shape index (κ1) is 10.2. The maximum atomic E-state index is 11.9. The first-order chi connectivity index (χ1) is 7.11. The summed E-state index contributed by atoms with van der Waals surface area (Å²) < 4.78 is 5.59. The van der Waals surface area contributed by atoms with Crippen LogP contribution in [-0.4, -0.2) is 12.4 Å². The zero-order valence-corrected chi connectivity index (χ0v) is 9.46. The van der Waals surface area contributed by atoms with E-state index in [1.807, 2.05) is 19.1 Å². The van der Waals surface area contributed by atoms with Gasteiger partial charge in [-0.05, 0) is 24.0 Å². The number of rotatable bonds is 1. The van der Waals surface area contributed by atoms with Crippen LogP contribution in [0, 0.1) is 6.92 Å². The molecule has 15 heavy (non-hydrogen) atoms. The molecule has 1 aromatic rings. The van der Waals surface area contributed by atoms with E-state index in [0.717, 1.165) is 22.4 Å².